The Labute approximate surface area is 92.5 Å². The first-order valence-corrected chi connectivity index (χ1v) is 5.12. The van der Waals surface area contributed by atoms with E-state index in [-0.39, 0.29) is 11.7 Å². The third-order valence-corrected chi connectivity index (χ3v) is 2.64. The van der Waals surface area contributed by atoms with Crippen molar-refractivity contribution in [2.75, 3.05) is 18.5 Å². The molecule has 1 saturated heterocycles. The van der Waals surface area contributed by atoms with Gasteiger partial charge in [-0.1, -0.05) is 0 Å². The Hall–Kier alpha value is -1.63. The van der Waals surface area contributed by atoms with Gasteiger partial charge < -0.3 is 10.1 Å². The van der Waals surface area contributed by atoms with E-state index in [2.05, 4.69) is 10.4 Å². The van der Waals surface area contributed by atoms with E-state index in [9.17, 15) is 10.1 Å². The SMILES string of the molecule is Cc1nn(C)c(NC2CCOC2)c1[N+](=O)[O-]. The van der Waals surface area contributed by atoms with E-state index in [0.717, 1.165) is 6.42 Å². The molecule has 0 spiro atoms. The number of rotatable bonds is 3. The second kappa shape index (κ2) is 4.09. The van der Waals surface area contributed by atoms with Gasteiger partial charge in [-0.2, -0.15) is 5.10 Å². The zero-order chi connectivity index (χ0) is 11.7. The van der Waals surface area contributed by atoms with E-state index >= 15 is 0 Å². The third-order valence-electron chi connectivity index (χ3n) is 2.64. The van der Waals surface area contributed by atoms with Gasteiger partial charge in [0, 0.05) is 13.7 Å². The number of nitrogens with zero attached hydrogens (tertiary/aromatic N) is 3. The van der Waals surface area contributed by atoms with Crippen molar-refractivity contribution in [3.05, 3.63) is 15.8 Å². The molecule has 0 saturated carbocycles. The van der Waals surface area contributed by atoms with E-state index in [1.54, 1.807) is 14.0 Å². The van der Waals surface area contributed by atoms with Crippen molar-refractivity contribution in [2.24, 2.45) is 7.05 Å². The van der Waals surface area contributed by atoms with Gasteiger partial charge in [0.25, 0.3) is 0 Å². The number of nitrogens with one attached hydrogen (secondary N) is 1. The molecule has 1 atom stereocenters. The highest BCUT2D eigenvalue weighted by molar-refractivity contribution is 5.59. The van der Waals surface area contributed by atoms with Gasteiger partial charge in [0.2, 0.25) is 5.82 Å². The van der Waals surface area contributed by atoms with Crippen LogP contribution in [0.15, 0.2) is 0 Å². The molecule has 7 heteroatoms. The molecule has 7 nitrogen and oxygen atoms in total. The summed E-state index contributed by atoms with van der Waals surface area (Å²) < 4.78 is 6.72. The summed E-state index contributed by atoms with van der Waals surface area (Å²) in [5.74, 6) is 0.456. The van der Waals surface area contributed by atoms with Gasteiger partial charge in [-0.3, -0.25) is 10.1 Å². The molecule has 88 valence electrons. The first kappa shape index (κ1) is 10.9. The van der Waals surface area contributed by atoms with Gasteiger partial charge in [0.05, 0.1) is 17.6 Å². The van der Waals surface area contributed by atoms with Gasteiger partial charge in [0.1, 0.15) is 5.69 Å². The van der Waals surface area contributed by atoms with Crippen LogP contribution in [0.25, 0.3) is 0 Å². The molecule has 1 aliphatic heterocycles. The molecule has 2 rings (SSSR count). The fourth-order valence-corrected chi connectivity index (χ4v) is 1.87. The van der Waals surface area contributed by atoms with E-state index in [1.165, 1.54) is 4.68 Å². The second-order valence-corrected chi connectivity index (χ2v) is 3.87. The average molecular weight is 226 g/mol. The predicted octanol–water partition coefficient (Wildman–Crippen LogP) is 0.838. The van der Waals surface area contributed by atoms with Crippen molar-refractivity contribution < 1.29 is 9.66 Å². The molecule has 16 heavy (non-hydrogen) atoms. The number of aromatic nitrogens is 2. The highest BCUT2D eigenvalue weighted by Gasteiger charge is 2.27. The average Bonchev–Trinajstić information content (AvgIpc) is 2.76. The molecule has 0 aromatic carbocycles. The Bertz CT molecular complexity index is 409. The van der Waals surface area contributed by atoms with Crippen LogP contribution in [0.3, 0.4) is 0 Å². The van der Waals surface area contributed by atoms with Gasteiger partial charge in [-0.15, -0.1) is 0 Å². The maximum absolute atomic E-state index is 10.9. The number of nitro groups is 1. The lowest BCUT2D eigenvalue weighted by molar-refractivity contribution is -0.384. The Morgan fingerprint density at radius 2 is 2.44 bits per heavy atom. The summed E-state index contributed by atoms with van der Waals surface area (Å²) in [7, 11) is 1.69. The number of ether oxygens (including phenoxy) is 1. The summed E-state index contributed by atoms with van der Waals surface area (Å²) in [5, 5.41) is 18.1. The van der Waals surface area contributed by atoms with Crippen LogP contribution in [-0.4, -0.2) is 34.0 Å². The summed E-state index contributed by atoms with van der Waals surface area (Å²) in [5.41, 5.74) is 0.475. The van der Waals surface area contributed by atoms with Gasteiger partial charge in [-0.05, 0) is 13.3 Å². The molecule has 0 aliphatic carbocycles. The molecule has 1 N–H and O–H groups in total. The van der Waals surface area contributed by atoms with Crippen LogP contribution in [0.5, 0.6) is 0 Å². The Morgan fingerprint density at radius 3 is 3.00 bits per heavy atom. The van der Waals surface area contributed by atoms with E-state index < -0.39 is 4.92 Å². The van der Waals surface area contributed by atoms with Gasteiger partial charge >= 0.3 is 5.69 Å². The Balaban J connectivity index is 2.27. The van der Waals surface area contributed by atoms with Crippen molar-refractivity contribution >= 4 is 11.5 Å². The van der Waals surface area contributed by atoms with Crippen molar-refractivity contribution in [1.29, 1.82) is 0 Å². The number of hydrogen-bond donors (Lipinski definition) is 1. The van der Waals surface area contributed by atoms with Crippen molar-refractivity contribution in [2.45, 2.75) is 19.4 Å². The van der Waals surface area contributed by atoms with E-state index in [4.69, 9.17) is 4.74 Å². The first-order valence-electron chi connectivity index (χ1n) is 5.12. The highest BCUT2D eigenvalue weighted by atomic mass is 16.6. The maximum Gasteiger partial charge on any atom is 0.333 e. The molecular formula is C9H14N4O3. The first-order chi connectivity index (χ1) is 7.59. The van der Waals surface area contributed by atoms with Crippen LogP contribution >= 0.6 is 0 Å². The molecule has 0 radical (unpaired) electrons. The lowest BCUT2D eigenvalue weighted by atomic mass is 10.2. The summed E-state index contributed by atoms with van der Waals surface area (Å²) in [4.78, 5) is 10.5. The fourth-order valence-electron chi connectivity index (χ4n) is 1.87. The van der Waals surface area contributed by atoms with Crippen LogP contribution < -0.4 is 5.32 Å². The molecule has 2 heterocycles. The monoisotopic (exact) mass is 226 g/mol. The molecule has 1 aromatic heterocycles. The second-order valence-electron chi connectivity index (χ2n) is 3.87. The lowest BCUT2D eigenvalue weighted by Crippen LogP contribution is -2.21. The zero-order valence-electron chi connectivity index (χ0n) is 9.27. The minimum atomic E-state index is -0.402. The molecule has 0 amide bonds. The standard InChI is InChI=1S/C9H14N4O3/c1-6-8(13(14)15)9(12(2)11-6)10-7-3-4-16-5-7/h7,10H,3-5H2,1-2H3. The van der Waals surface area contributed by atoms with Crippen molar-refractivity contribution in [3.63, 3.8) is 0 Å². The topological polar surface area (TPSA) is 82.2 Å². The summed E-state index contributed by atoms with van der Waals surface area (Å²) in [6.07, 6.45) is 0.862. The molecule has 1 fully saturated rings. The number of aryl methyl sites for hydroxylation is 2. The van der Waals surface area contributed by atoms with Crippen molar-refractivity contribution in [1.82, 2.24) is 9.78 Å². The summed E-state index contributed by atoms with van der Waals surface area (Å²) in [6.45, 7) is 2.91. The molecule has 0 bridgehead atoms. The van der Waals surface area contributed by atoms with Crippen LogP contribution in [0.1, 0.15) is 12.1 Å². The molecule has 1 unspecified atom stereocenters. The zero-order valence-corrected chi connectivity index (χ0v) is 9.27. The van der Waals surface area contributed by atoms with Crippen LogP contribution in [0, 0.1) is 17.0 Å². The normalized spacial score (nSPS) is 20.0. The maximum atomic E-state index is 10.9. The molecule has 1 aliphatic rings. The summed E-state index contributed by atoms with van der Waals surface area (Å²) in [6, 6.07) is 0.133. The Kier molecular flexibility index (Phi) is 2.78. The minimum absolute atomic E-state index is 0.0504. The Morgan fingerprint density at radius 1 is 1.69 bits per heavy atom. The summed E-state index contributed by atoms with van der Waals surface area (Å²) >= 11 is 0. The quantitative estimate of drug-likeness (QED) is 0.610. The van der Waals surface area contributed by atoms with Crippen molar-refractivity contribution in [3.8, 4) is 0 Å². The van der Waals surface area contributed by atoms with Crippen LogP contribution in [0.4, 0.5) is 11.5 Å². The largest absolute Gasteiger partial charge is 0.379 e. The van der Waals surface area contributed by atoms with Gasteiger partial charge in [0.15, 0.2) is 0 Å². The minimum Gasteiger partial charge on any atom is -0.379 e. The fraction of sp³-hybridized carbons (Fsp3) is 0.667. The van der Waals surface area contributed by atoms with E-state index in [0.29, 0.717) is 24.7 Å². The number of anilines is 1. The highest BCUT2D eigenvalue weighted by Crippen LogP contribution is 2.28. The lowest BCUT2D eigenvalue weighted by Gasteiger charge is -2.11. The van der Waals surface area contributed by atoms with E-state index in [1.807, 2.05) is 0 Å². The molecular weight excluding hydrogens is 212 g/mol. The van der Waals surface area contributed by atoms with Crippen LogP contribution in [0.2, 0.25) is 0 Å². The third kappa shape index (κ3) is 1.85. The van der Waals surface area contributed by atoms with Gasteiger partial charge in [-0.25, -0.2) is 4.68 Å². The number of hydrogen-bond acceptors (Lipinski definition) is 5. The molecule has 1 aromatic rings. The van der Waals surface area contributed by atoms with Crippen LogP contribution in [-0.2, 0) is 11.8 Å². The predicted molar refractivity (Wildman–Crippen MR) is 57.4 cm³/mol. The smallest absolute Gasteiger partial charge is 0.333 e.